The van der Waals surface area contributed by atoms with Crippen molar-refractivity contribution in [2.75, 3.05) is 0 Å². The van der Waals surface area contributed by atoms with Crippen molar-refractivity contribution in [2.24, 2.45) is 0 Å². The Hall–Kier alpha value is 1.63. The topological polar surface area (TPSA) is 37.3 Å². The van der Waals surface area contributed by atoms with Crippen LogP contribution in [-0.4, -0.2) is 53.8 Å². The summed E-state index contributed by atoms with van der Waals surface area (Å²) in [7, 11) is -1.17. The molecule has 0 amide bonds. The predicted octanol–water partition coefficient (Wildman–Crippen LogP) is -0.238. The van der Waals surface area contributed by atoms with E-state index in [1.54, 1.807) is 0 Å². The molecule has 1 unspecified atom stereocenters. The second-order valence-corrected chi connectivity index (χ2v) is 0.274. The van der Waals surface area contributed by atoms with Gasteiger partial charge in [0.1, 0.15) is 0 Å². The molecule has 2 nitrogen and oxygen atoms in total. The van der Waals surface area contributed by atoms with Crippen LogP contribution in [0.4, 0.5) is 0 Å². The fourth-order valence-electron chi connectivity index (χ4n) is 0. The zero-order valence-corrected chi connectivity index (χ0v) is 7.50. The van der Waals surface area contributed by atoms with Crippen molar-refractivity contribution in [3.05, 3.63) is 0 Å². The van der Waals surface area contributed by atoms with Gasteiger partial charge in [-0.3, -0.25) is 0 Å². The monoisotopic (exact) mass is 205 g/mol. The summed E-state index contributed by atoms with van der Waals surface area (Å²) in [6.45, 7) is 0. The Bertz CT molecular complexity index is 19.0. The predicted molar refractivity (Wildman–Crippen MR) is 19.2 cm³/mol. The third-order valence-electron chi connectivity index (χ3n) is 0. The van der Waals surface area contributed by atoms with Crippen LogP contribution in [0.1, 0.15) is 2.85 Å². The molecule has 0 aliphatic heterocycles. The van der Waals surface area contributed by atoms with E-state index in [1.165, 1.54) is 0 Å². The van der Waals surface area contributed by atoms with Crippen LogP contribution in [0.3, 0.4) is 0 Å². The van der Waals surface area contributed by atoms with Crippen molar-refractivity contribution < 1.29 is 12.3 Å². The molecule has 22 valence electrons. The van der Waals surface area contributed by atoms with E-state index >= 15 is 0 Å². The minimum Gasteiger partial charge on any atom is -1.00 e. The van der Waals surface area contributed by atoms with Crippen molar-refractivity contribution in [1.82, 2.24) is 0 Å². The van der Waals surface area contributed by atoms with Crippen LogP contribution in [0.2, 0.25) is 0 Å². The minimum absolute atomic E-state index is 0. The van der Waals surface area contributed by atoms with E-state index in [2.05, 4.69) is 0 Å². The maximum Gasteiger partial charge on any atom is 2.00 e. The summed E-state index contributed by atoms with van der Waals surface area (Å²) >= 11 is 0. The first-order chi connectivity index (χ1) is 1.41. The third-order valence-corrected chi connectivity index (χ3v) is 0. The molecule has 0 aromatic rings. The molecule has 0 bridgehead atoms. The molecule has 0 aromatic heterocycles. The summed E-state index contributed by atoms with van der Waals surface area (Å²) in [5.74, 6) is 0. The average molecular weight is 204 g/mol. The van der Waals surface area contributed by atoms with Gasteiger partial charge in [0.2, 0.25) is 0 Å². The van der Waals surface area contributed by atoms with Crippen molar-refractivity contribution in [3.63, 3.8) is 0 Å². The molecule has 4 heavy (non-hydrogen) atoms. The quantitative estimate of drug-likeness (QED) is 0.437. The van der Waals surface area contributed by atoms with Gasteiger partial charge in [-0.15, -0.1) is 0 Å². The Morgan fingerprint density at radius 3 is 2.00 bits per heavy atom. The molecule has 0 rings (SSSR count). The summed E-state index contributed by atoms with van der Waals surface area (Å²) in [4.78, 5) is 7.04. The molecule has 0 heterocycles. The summed E-state index contributed by atoms with van der Waals surface area (Å²) in [5, 5.41) is 0. The van der Waals surface area contributed by atoms with Gasteiger partial charge >= 0.3 is 57.6 Å². The minimum atomic E-state index is -1.17. The standard InChI is InChI=1S/Ba.HO2P.2H/c;1-3-2;;/h;3H;;/q+2;;2*-1/p+1. The summed E-state index contributed by atoms with van der Waals surface area (Å²) in [6, 6.07) is 0. The molecule has 0 fully saturated rings. The molecule has 0 aliphatic rings. The molecule has 0 saturated carbocycles. The normalized spacial score (nSPS) is 5.25. The first-order valence-corrected chi connectivity index (χ1v) is 1.28. The molecule has 1 atom stereocenters. The van der Waals surface area contributed by atoms with Crippen LogP contribution < -0.4 is 0 Å². The Balaban J connectivity index is -0.00000000667. The first-order valence-electron chi connectivity index (χ1n) is 0.428. The van der Waals surface area contributed by atoms with E-state index < -0.39 is 8.69 Å². The molecule has 0 aromatic carbocycles. The van der Waals surface area contributed by atoms with Crippen molar-refractivity contribution in [1.29, 1.82) is 0 Å². The van der Waals surface area contributed by atoms with Gasteiger partial charge in [-0.05, 0) is 4.57 Å². The largest absolute Gasteiger partial charge is 2.00 e. The van der Waals surface area contributed by atoms with E-state index in [0.717, 1.165) is 0 Å². The zero-order chi connectivity index (χ0) is 2.71. The molecular weight excluding hydrogens is 200 g/mol. The molecule has 0 saturated heterocycles. The molecule has 4 heteroatoms. The summed E-state index contributed by atoms with van der Waals surface area (Å²) in [6.07, 6.45) is 0. The SMILES string of the molecule is O=[PH+]O.[Ba+2].[H-].[H-]. The van der Waals surface area contributed by atoms with Gasteiger partial charge in [0, 0.05) is 0 Å². The van der Waals surface area contributed by atoms with Gasteiger partial charge in [-0.25, -0.2) is 0 Å². The maximum absolute atomic E-state index is 8.51. The molecule has 1 N–H and O–H groups in total. The number of hydrogen-bond acceptors (Lipinski definition) is 1. The summed E-state index contributed by atoms with van der Waals surface area (Å²) in [5.41, 5.74) is 0. The van der Waals surface area contributed by atoms with E-state index in [0.29, 0.717) is 0 Å². The van der Waals surface area contributed by atoms with Gasteiger partial charge in [-0.1, -0.05) is 0 Å². The first kappa shape index (κ1) is 9.16. The second-order valence-electron chi connectivity index (χ2n) is 0.0913. The molecule has 0 radical (unpaired) electrons. The van der Waals surface area contributed by atoms with Crippen molar-refractivity contribution >= 4 is 57.6 Å². The van der Waals surface area contributed by atoms with Crippen molar-refractivity contribution in [3.8, 4) is 0 Å². The van der Waals surface area contributed by atoms with Gasteiger partial charge in [0.25, 0.3) is 0 Å². The molecule has 0 spiro atoms. The van der Waals surface area contributed by atoms with E-state index in [1.807, 2.05) is 0 Å². The van der Waals surface area contributed by atoms with E-state index in [-0.39, 0.29) is 51.7 Å². The van der Waals surface area contributed by atoms with Gasteiger partial charge in [0.15, 0.2) is 0 Å². The van der Waals surface area contributed by atoms with Crippen LogP contribution in [0.15, 0.2) is 0 Å². The fraction of sp³-hybridized carbons (Fsp3) is 0. The smallest absolute Gasteiger partial charge is 1.00 e. The van der Waals surface area contributed by atoms with E-state index in [9.17, 15) is 0 Å². The molecule has 0 aliphatic carbocycles. The Labute approximate surface area is 68.9 Å². The van der Waals surface area contributed by atoms with Gasteiger partial charge in [-0.2, -0.15) is 4.89 Å². The molecular formula is H4BaO2P+. The second kappa shape index (κ2) is 8.82. The maximum atomic E-state index is 8.51. The average Bonchev–Trinajstić information content (AvgIpc) is 0.918. The van der Waals surface area contributed by atoms with Crippen LogP contribution in [0.25, 0.3) is 0 Å². The van der Waals surface area contributed by atoms with Crippen LogP contribution in [0.5, 0.6) is 0 Å². The van der Waals surface area contributed by atoms with Crippen LogP contribution in [-0.2, 0) is 4.57 Å². The Morgan fingerprint density at radius 2 is 2.00 bits per heavy atom. The third kappa shape index (κ3) is 9.45. The van der Waals surface area contributed by atoms with Crippen LogP contribution in [0, 0.1) is 0 Å². The zero-order valence-electron chi connectivity index (χ0n) is 4.06. The Morgan fingerprint density at radius 1 is 2.00 bits per heavy atom. The van der Waals surface area contributed by atoms with Crippen molar-refractivity contribution in [2.45, 2.75) is 0 Å². The van der Waals surface area contributed by atoms with Crippen LogP contribution >= 0.6 is 8.69 Å². The van der Waals surface area contributed by atoms with Gasteiger partial charge in [0.05, 0.1) is 0 Å². The fourth-order valence-corrected chi connectivity index (χ4v) is 0. The number of hydrogen-bond donors (Lipinski definition) is 1. The van der Waals surface area contributed by atoms with Gasteiger partial charge < -0.3 is 2.85 Å². The summed E-state index contributed by atoms with van der Waals surface area (Å²) < 4.78 is 8.51. The number of rotatable bonds is 0. The van der Waals surface area contributed by atoms with E-state index in [4.69, 9.17) is 9.46 Å². The Kier molecular flexibility index (Phi) is 20.2.